The molecule has 0 saturated heterocycles. The third-order valence-corrected chi connectivity index (χ3v) is 1.93. The predicted octanol–water partition coefficient (Wildman–Crippen LogP) is -0.588. The molecule has 5 nitrogen and oxygen atoms in total. The Bertz CT molecular complexity index is 165. The molecule has 0 unspecified atom stereocenters. The molecule has 54 valence electrons. The Morgan fingerprint density at radius 3 is 2.20 bits per heavy atom. The number of carbonyl (C=O) groups excluding carboxylic acids is 2. The fourth-order valence-electron chi connectivity index (χ4n) is 0.343. The molecule has 0 saturated carbocycles. The van der Waals surface area contributed by atoms with Crippen molar-refractivity contribution in [1.82, 2.24) is 0 Å². The van der Waals surface area contributed by atoms with Gasteiger partial charge >= 0.3 is 9.36 Å². The monoisotopic (exact) mass is 158 g/mol. The topological polar surface area (TPSA) is 68.1 Å². The summed E-state index contributed by atoms with van der Waals surface area (Å²) in [5, 5.41) is 0. The van der Waals surface area contributed by atoms with Crippen LogP contribution in [0.25, 0.3) is 0 Å². The van der Waals surface area contributed by atoms with Crippen LogP contribution in [-0.4, -0.2) is 28.1 Å². The minimum atomic E-state index is -2.33. The zero-order valence-corrected chi connectivity index (χ0v) is 6.56. The molecule has 0 amide bonds. The average Bonchev–Trinajstić information content (AvgIpc) is 1.90. The molecule has 0 spiro atoms. The van der Waals surface area contributed by atoms with Crippen LogP contribution in [0.2, 0.25) is 0 Å². The summed E-state index contributed by atoms with van der Waals surface area (Å²) < 4.78 is 11.2. The Morgan fingerprint density at radius 2 is 1.90 bits per heavy atom. The molecule has 0 N–H and O–H groups in total. The van der Waals surface area contributed by atoms with Gasteiger partial charge in [-0.1, -0.05) is 0 Å². The van der Waals surface area contributed by atoms with Crippen molar-refractivity contribution in [2.45, 2.75) is 6.92 Å². The zero-order valence-electron chi connectivity index (χ0n) is 5.40. The molecule has 0 aliphatic carbocycles. The van der Waals surface area contributed by atoms with Crippen LogP contribution in [0.1, 0.15) is 6.92 Å². The third kappa shape index (κ3) is 3.88. The van der Waals surface area contributed by atoms with E-state index < -0.39 is 9.36 Å². The van der Waals surface area contributed by atoms with Gasteiger partial charge in [0, 0.05) is 6.61 Å². The van der Waals surface area contributed by atoms with Gasteiger partial charge in [0.2, 0.25) is 12.2 Å². The number of isocyanates is 2. The first-order valence-electron chi connectivity index (χ1n) is 2.60. The Balaban J connectivity index is 3.96. The number of hydrogen-bond donors (Lipinski definition) is 0. The Labute approximate surface area is 59.3 Å². The second-order valence-corrected chi connectivity index (χ2v) is 2.72. The van der Waals surface area contributed by atoms with Gasteiger partial charge in [0.1, 0.15) is 0 Å². The lowest BCUT2D eigenvalue weighted by Crippen LogP contribution is -2.12. The summed E-state index contributed by atoms with van der Waals surface area (Å²) in [5.74, 6) is 0. The van der Waals surface area contributed by atoms with E-state index in [0.29, 0.717) is 6.61 Å². The van der Waals surface area contributed by atoms with Crippen molar-refractivity contribution in [3.05, 3.63) is 0 Å². The number of nitrogens with zero attached hydrogens (tertiary/aromatic N) is 2. The lowest BCUT2D eigenvalue weighted by molar-refractivity contribution is 0.344. The lowest BCUT2D eigenvalue weighted by atomic mass is 10.9. The van der Waals surface area contributed by atoms with Gasteiger partial charge in [-0.3, -0.25) is 0 Å². The van der Waals surface area contributed by atoms with E-state index in [-0.39, 0.29) is 0 Å². The molecule has 0 heterocycles. The van der Waals surface area contributed by atoms with Gasteiger partial charge in [0.15, 0.2) is 0 Å². The maximum Gasteiger partial charge on any atom is 0.461 e. The molecular formula is C4H6N2O3Si. The number of rotatable bonds is 4. The minimum absolute atomic E-state index is 0.382. The van der Waals surface area contributed by atoms with Crippen LogP contribution in [-0.2, 0) is 14.0 Å². The average molecular weight is 158 g/mol. The van der Waals surface area contributed by atoms with Crippen molar-refractivity contribution in [2.75, 3.05) is 6.61 Å². The van der Waals surface area contributed by atoms with Gasteiger partial charge in [-0.05, 0) is 6.92 Å². The molecule has 0 bridgehead atoms. The smallest absolute Gasteiger partial charge is 0.383 e. The van der Waals surface area contributed by atoms with E-state index in [1.807, 2.05) is 0 Å². The molecule has 6 heteroatoms. The Hall–Kier alpha value is -1.06. The lowest BCUT2D eigenvalue weighted by Gasteiger charge is -1.96. The normalized spacial score (nSPS) is 10.9. The van der Waals surface area contributed by atoms with Crippen LogP contribution in [0.15, 0.2) is 9.32 Å². The predicted molar refractivity (Wildman–Crippen MR) is 35.0 cm³/mol. The molecule has 10 heavy (non-hydrogen) atoms. The molecule has 0 aromatic rings. The van der Waals surface area contributed by atoms with Crippen molar-refractivity contribution in [3.63, 3.8) is 0 Å². The minimum Gasteiger partial charge on any atom is -0.383 e. The highest BCUT2D eigenvalue weighted by molar-refractivity contribution is 6.49. The van der Waals surface area contributed by atoms with Crippen LogP contribution < -0.4 is 0 Å². The van der Waals surface area contributed by atoms with Gasteiger partial charge in [0.25, 0.3) is 0 Å². The molecule has 0 rings (SSSR count). The first-order chi connectivity index (χ1) is 4.85. The maximum absolute atomic E-state index is 9.64. The Kier molecular flexibility index (Phi) is 5.42. The Morgan fingerprint density at radius 1 is 1.40 bits per heavy atom. The molecule has 0 aliphatic rings. The summed E-state index contributed by atoms with van der Waals surface area (Å²) in [6.45, 7) is 2.11. The van der Waals surface area contributed by atoms with Gasteiger partial charge in [-0.15, -0.1) is 0 Å². The highest BCUT2D eigenvalue weighted by atomic mass is 28.3. The van der Waals surface area contributed by atoms with E-state index in [0.717, 1.165) is 0 Å². The molecule has 0 aromatic carbocycles. The third-order valence-electron chi connectivity index (χ3n) is 0.642. The summed E-state index contributed by atoms with van der Waals surface area (Å²) in [6.07, 6.45) is 2.55. The van der Waals surface area contributed by atoms with Crippen molar-refractivity contribution < 1.29 is 14.0 Å². The largest absolute Gasteiger partial charge is 0.461 e. The SMILES string of the molecule is CCO[SiH](N=C=O)N=C=O. The summed E-state index contributed by atoms with van der Waals surface area (Å²) in [5.41, 5.74) is 0. The first kappa shape index (κ1) is 8.94. The van der Waals surface area contributed by atoms with Gasteiger partial charge in [-0.2, -0.15) is 9.32 Å². The van der Waals surface area contributed by atoms with Gasteiger partial charge < -0.3 is 4.43 Å². The fraction of sp³-hybridized carbons (Fsp3) is 0.500. The van der Waals surface area contributed by atoms with E-state index >= 15 is 0 Å². The molecule has 0 fully saturated rings. The quantitative estimate of drug-likeness (QED) is 0.312. The highest BCUT2D eigenvalue weighted by Crippen LogP contribution is 1.86. The summed E-state index contributed by atoms with van der Waals surface area (Å²) >= 11 is 0. The van der Waals surface area contributed by atoms with E-state index in [4.69, 9.17) is 4.43 Å². The van der Waals surface area contributed by atoms with E-state index in [2.05, 4.69) is 9.32 Å². The second kappa shape index (κ2) is 6.06. The fourth-order valence-corrected chi connectivity index (χ4v) is 1.03. The van der Waals surface area contributed by atoms with Crippen LogP contribution in [0.3, 0.4) is 0 Å². The van der Waals surface area contributed by atoms with Gasteiger partial charge in [0.05, 0.1) is 0 Å². The second-order valence-electron chi connectivity index (χ2n) is 1.22. The van der Waals surface area contributed by atoms with Crippen molar-refractivity contribution in [1.29, 1.82) is 0 Å². The van der Waals surface area contributed by atoms with Crippen LogP contribution in [0.5, 0.6) is 0 Å². The molecular weight excluding hydrogens is 152 g/mol. The van der Waals surface area contributed by atoms with Crippen molar-refractivity contribution in [3.8, 4) is 0 Å². The van der Waals surface area contributed by atoms with E-state index in [1.165, 1.54) is 12.2 Å². The molecule has 0 radical (unpaired) electrons. The van der Waals surface area contributed by atoms with Crippen LogP contribution in [0.4, 0.5) is 0 Å². The zero-order chi connectivity index (χ0) is 7.82. The summed E-state index contributed by atoms with van der Waals surface area (Å²) in [4.78, 5) is 19.3. The first-order valence-corrected chi connectivity index (χ1v) is 4.11. The summed E-state index contributed by atoms with van der Waals surface area (Å²) in [6, 6.07) is 0. The van der Waals surface area contributed by atoms with E-state index in [1.54, 1.807) is 6.92 Å². The van der Waals surface area contributed by atoms with Crippen LogP contribution >= 0.6 is 0 Å². The number of hydrogen-bond acceptors (Lipinski definition) is 5. The molecule has 0 atom stereocenters. The highest BCUT2D eigenvalue weighted by Gasteiger charge is 2.06. The van der Waals surface area contributed by atoms with E-state index in [9.17, 15) is 9.59 Å². The van der Waals surface area contributed by atoms with Gasteiger partial charge in [-0.25, -0.2) is 9.59 Å². The van der Waals surface area contributed by atoms with Crippen molar-refractivity contribution >= 4 is 21.5 Å². The molecule has 0 aromatic heterocycles. The van der Waals surface area contributed by atoms with Crippen molar-refractivity contribution in [2.24, 2.45) is 9.32 Å². The molecule has 0 aliphatic heterocycles. The van der Waals surface area contributed by atoms with Crippen LogP contribution in [0, 0.1) is 0 Å². The standard InChI is InChI=1S/C4H6N2O3Si/c1-2-9-10(5-3-7)6-4-8/h10H,2H2,1H3. The summed E-state index contributed by atoms with van der Waals surface area (Å²) in [7, 11) is -2.33. The maximum atomic E-state index is 9.64.